The first-order valence-corrected chi connectivity index (χ1v) is 8.44. The molecule has 1 fully saturated rings. The van der Waals surface area contributed by atoms with Gasteiger partial charge in [-0.15, -0.1) is 0 Å². The Labute approximate surface area is 139 Å². The lowest BCUT2D eigenvalue weighted by molar-refractivity contribution is -0.117. The van der Waals surface area contributed by atoms with Gasteiger partial charge in [-0.3, -0.25) is 9.69 Å². The SMILES string of the molecule is CCCOc1cc(/C=C2\CN(CCC)CCC2=O)ccc1OC. The van der Waals surface area contributed by atoms with E-state index >= 15 is 0 Å². The normalized spacial score (nSPS) is 17.5. The van der Waals surface area contributed by atoms with Crippen LogP contribution in [0.5, 0.6) is 11.5 Å². The Morgan fingerprint density at radius 3 is 2.74 bits per heavy atom. The minimum absolute atomic E-state index is 0.254. The van der Waals surface area contributed by atoms with Gasteiger partial charge in [-0.05, 0) is 43.2 Å². The number of Topliss-reactive ketones (excluding diaryl/α,β-unsaturated/α-hetero) is 1. The Bertz CT molecular complexity index is 566. The van der Waals surface area contributed by atoms with Gasteiger partial charge in [0.2, 0.25) is 0 Å². The minimum atomic E-state index is 0.254. The van der Waals surface area contributed by atoms with E-state index in [1.165, 1.54) is 0 Å². The van der Waals surface area contributed by atoms with Crippen LogP contribution in [0.25, 0.3) is 6.08 Å². The van der Waals surface area contributed by atoms with Gasteiger partial charge in [0, 0.05) is 25.1 Å². The summed E-state index contributed by atoms with van der Waals surface area (Å²) in [5.41, 5.74) is 1.87. The van der Waals surface area contributed by atoms with E-state index in [1.54, 1.807) is 7.11 Å². The number of ketones is 1. The van der Waals surface area contributed by atoms with E-state index < -0.39 is 0 Å². The van der Waals surface area contributed by atoms with Gasteiger partial charge in [-0.25, -0.2) is 0 Å². The highest BCUT2D eigenvalue weighted by atomic mass is 16.5. The van der Waals surface area contributed by atoms with Crippen molar-refractivity contribution in [2.24, 2.45) is 0 Å². The lowest BCUT2D eigenvalue weighted by Crippen LogP contribution is -2.36. The summed E-state index contributed by atoms with van der Waals surface area (Å²) in [5, 5.41) is 0. The second-order valence-corrected chi connectivity index (χ2v) is 5.88. The van der Waals surface area contributed by atoms with Gasteiger partial charge in [0.1, 0.15) is 0 Å². The number of carbonyl (C=O) groups is 1. The molecule has 23 heavy (non-hydrogen) atoms. The van der Waals surface area contributed by atoms with Gasteiger partial charge in [0.25, 0.3) is 0 Å². The maximum atomic E-state index is 12.2. The first-order chi connectivity index (χ1) is 11.2. The molecule has 0 amide bonds. The molecule has 2 rings (SSSR count). The third kappa shape index (κ3) is 4.83. The fourth-order valence-corrected chi connectivity index (χ4v) is 2.77. The zero-order valence-corrected chi connectivity index (χ0v) is 14.4. The zero-order chi connectivity index (χ0) is 16.7. The highest BCUT2D eigenvalue weighted by Gasteiger charge is 2.20. The smallest absolute Gasteiger partial charge is 0.161 e. The molecule has 1 saturated heterocycles. The van der Waals surface area contributed by atoms with Gasteiger partial charge in [0.05, 0.1) is 13.7 Å². The molecule has 0 atom stereocenters. The minimum Gasteiger partial charge on any atom is -0.493 e. The topological polar surface area (TPSA) is 38.8 Å². The lowest BCUT2D eigenvalue weighted by Gasteiger charge is -2.27. The molecule has 4 nitrogen and oxygen atoms in total. The maximum Gasteiger partial charge on any atom is 0.161 e. The number of piperidine rings is 1. The molecule has 1 heterocycles. The third-order valence-corrected chi connectivity index (χ3v) is 3.94. The number of carbonyl (C=O) groups excluding carboxylic acids is 1. The van der Waals surface area contributed by atoms with Crippen LogP contribution in [0.2, 0.25) is 0 Å². The molecule has 0 spiro atoms. The molecule has 1 aromatic carbocycles. The fraction of sp³-hybridized carbons (Fsp3) is 0.526. The molecule has 0 bridgehead atoms. The van der Waals surface area contributed by atoms with E-state index in [1.807, 2.05) is 24.3 Å². The predicted molar refractivity (Wildman–Crippen MR) is 93.1 cm³/mol. The summed E-state index contributed by atoms with van der Waals surface area (Å²) in [7, 11) is 1.64. The Morgan fingerprint density at radius 1 is 1.22 bits per heavy atom. The maximum absolute atomic E-state index is 12.2. The van der Waals surface area contributed by atoms with Crippen LogP contribution < -0.4 is 9.47 Å². The summed E-state index contributed by atoms with van der Waals surface area (Å²) in [6.07, 6.45) is 4.65. The summed E-state index contributed by atoms with van der Waals surface area (Å²) < 4.78 is 11.1. The number of methoxy groups -OCH3 is 1. The third-order valence-electron chi connectivity index (χ3n) is 3.94. The standard InChI is InChI=1S/C19H27NO3/c1-4-9-20-10-8-17(21)16(14-20)12-15-6-7-18(22-3)19(13-15)23-11-5-2/h6-7,12-13H,4-5,8-11,14H2,1-3H3/b16-12+. The summed E-state index contributed by atoms with van der Waals surface area (Å²) in [5.74, 6) is 1.71. The van der Waals surface area contributed by atoms with Crippen molar-refractivity contribution in [2.75, 3.05) is 33.4 Å². The summed E-state index contributed by atoms with van der Waals surface area (Å²) in [4.78, 5) is 14.5. The van der Waals surface area contributed by atoms with Gasteiger partial charge in [-0.2, -0.15) is 0 Å². The molecule has 1 aliphatic rings. The zero-order valence-electron chi connectivity index (χ0n) is 14.4. The number of likely N-dealkylation sites (tertiary alicyclic amines) is 1. The number of rotatable bonds is 7. The molecule has 126 valence electrons. The van der Waals surface area contributed by atoms with Crippen LogP contribution in [-0.4, -0.2) is 44.0 Å². The summed E-state index contributed by atoms with van der Waals surface area (Å²) >= 11 is 0. The molecule has 0 N–H and O–H groups in total. The Morgan fingerprint density at radius 2 is 2.04 bits per heavy atom. The molecule has 0 radical (unpaired) electrons. The highest BCUT2D eigenvalue weighted by Crippen LogP contribution is 2.29. The van der Waals surface area contributed by atoms with Crippen LogP contribution >= 0.6 is 0 Å². The van der Waals surface area contributed by atoms with Crippen molar-refractivity contribution in [3.8, 4) is 11.5 Å². The van der Waals surface area contributed by atoms with E-state index in [9.17, 15) is 4.79 Å². The number of benzene rings is 1. The Kier molecular flexibility index (Phi) is 6.66. The molecule has 4 heteroatoms. The summed E-state index contributed by atoms with van der Waals surface area (Å²) in [6, 6.07) is 5.82. The van der Waals surface area contributed by atoms with E-state index in [0.29, 0.717) is 13.0 Å². The molecule has 1 aromatic rings. The van der Waals surface area contributed by atoms with Gasteiger partial charge < -0.3 is 9.47 Å². The monoisotopic (exact) mass is 317 g/mol. The van der Waals surface area contributed by atoms with Crippen molar-refractivity contribution in [1.29, 1.82) is 0 Å². The van der Waals surface area contributed by atoms with Crippen LogP contribution in [-0.2, 0) is 4.79 Å². The van der Waals surface area contributed by atoms with Gasteiger partial charge >= 0.3 is 0 Å². The van der Waals surface area contributed by atoms with Crippen molar-refractivity contribution >= 4 is 11.9 Å². The Balaban J connectivity index is 2.20. The number of nitrogens with zero attached hydrogens (tertiary/aromatic N) is 1. The van der Waals surface area contributed by atoms with Crippen LogP contribution in [0.4, 0.5) is 0 Å². The molecule has 0 saturated carbocycles. The molecule has 0 aliphatic carbocycles. The second kappa shape index (κ2) is 8.73. The van der Waals surface area contributed by atoms with Gasteiger partial charge in [-0.1, -0.05) is 19.9 Å². The Hall–Kier alpha value is -1.81. The number of hydrogen-bond donors (Lipinski definition) is 0. The van der Waals surface area contributed by atoms with E-state index in [-0.39, 0.29) is 5.78 Å². The second-order valence-electron chi connectivity index (χ2n) is 5.88. The molecule has 0 unspecified atom stereocenters. The molecular weight excluding hydrogens is 290 g/mol. The molecular formula is C19H27NO3. The van der Waals surface area contributed by atoms with Crippen molar-refractivity contribution < 1.29 is 14.3 Å². The molecule has 1 aliphatic heterocycles. The van der Waals surface area contributed by atoms with Gasteiger partial charge in [0.15, 0.2) is 17.3 Å². The predicted octanol–water partition coefficient (Wildman–Crippen LogP) is 3.55. The average molecular weight is 317 g/mol. The van der Waals surface area contributed by atoms with E-state index in [4.69, 9.17) is 9.47 Å². The molecule has 0 aromatic heterocycles. The first-order valence-electron chi connectivity index (χ1n) is 8.44. The first kappa shape index (κ1) is 17.5. The van der Waals surface area contributed by atoms with Crippen LogP contribution in [0.3, 0.4) is 0 Å². The fourth-order valence-electron chi connectivity index (χ4n) is 2.77. The van der Waals surface area contributed by atoms with E-state index in [2.05, 4.69) is 18.7 Å². The van der Waals surface area contributed by atoms with Crippen molar-refractivity contribution in [1.82, 2.24) is 4.90 Å². The number of ether oxygens (including phenoxy) is 2. The quantitative estimate of drug-likeness (QED) is 0.721. The van der Waals surface area contributed by atoms with Crippen LogP contribution in [0.15, 0.2) is 23.8 Å². The van der Waals surface area contributed by atoms with Crippen LogP contribution in [0.1, 0.15) is 38.7 Å². The van der Waals surface area contributed by atoms with Crippen LogP contribution in [0, 0.1) is 0 Å². The lowest BCUT2D eigenvalue weighted by atomic mass is 10.00. The van der Waals surface area contributed by atoms with Crippen molar-refractivity contribution in [2.45, 2.75) is 33.1 Å². The highest BCUT2D eigenvalue weighted by molar-refractivity contribution is 6.00. The number of hydrogen-bond acceptors (Lipinski definition) is 4. The summed E-state index contributed by atoms with van der Waals surface area (Å²) in [6.45, 7) is 7.54. The van der Waals surface area contributed by atoms with E-state index in [0.717, 1.165) is 55.1 Å². The van der Waals surface area contributed by atoms with Crippen molar-refractivity contribution in [3.63, 3.8) is 0 Å². The average Bonchev–Trinajstić information content (AvgIpc) is 2.56. The largest absolute Gasteiger partial charge is 0.493 e. The van der Waals surface area contributed by atoms with Crippen molar-refractivity contribution in [3.05, 3.63) is 29.3 Å².